The van der Waals surface area contributed by atoms with Gasteiger partial charge in [-0.25, -0.2) is 4.79 Å². The highest BCUT2D eigenvalue weighted by molar-refractivity contribution is 5.96. The lowest BCUT2D eigenvalue weighted by Crippen LogP contribution is -2.55. The summed E-state index contributed by atoms with van der Waals surface area (Å²) in [5.74, 6) is -1.28. The summed E-state index contributed by atoms with van der Waals surface area (Å²) < 4.78 is 0. The van der Waals surface area contributed by atoms with Crippen LogP contribution in [-0.2, 0) is 4.79 Å². The Kier molecular flexibility index (Phi) is 3.21. The summed E-state index contributed by atoms with van der Waals surface area (Å²) in [5, 5.41) is 15.8. The molecule has 108 valence electrons. The Balaban J connectivity index is 1.80. The minimum Gasteiger partial charge on any atom is -0.480 e. The fraction of sp³-hybridized carbons (Fsp3) is 0.267. The molecule has 2 N–H and O–H groups in total. The number of likely N-dealkylation sites (tertiary alicyclic amines) is 1. The molecule has 6 nitrogen and oxygen atoms in total. The number of rotatable bonds is 3. The topological polar surface area (TPSA) is 86.3 Å². The van der Waals surface area contributed by atoms with Crippen molar-refractivity contribution in [1.29, 1.82) is 0 Å². The average Bonchev–Trinajstić information content (AvgIpc) is 2.87. The summed E-state index contributed by atoms with van der Waals surface area (Å²) >= 11 is 0. The van der Waals surface area contributed by atoms with Gasteiger partial charge in [0.05, 0.1) is 5.69 Å². The van der Waals surface area contributed by atoms with E-state index in [1.807, 2.05) is 31.2 Å². The van der Waals surface area contributed by atoms with Crippen LogP contribution >= 0.6 is 0 Å². The maximum Gasteiger partial charge on any atom is 0.326 e. The lowest BCUT2D eigenvalue weighted by atomic mass is 10.0. The molecule has 0 spiro atoms. The quantitative estimate of drug-likeness (QED) is 0.898. The third-order valence-corrected chi connectivity index (χ3v) is 3.72. The first-order valence-electron chi connectivity index (χ1n) is 6.72. The van der Waals surface area contributed by atoms with Gasteiger partial charge in [-0.3, -0.25) is 9.89 Å². The van der Waals surface area contributed by atoms with Gasteiger partial charge in [0.2, 0.25) is 0 Å². The van der Waals surface area contributed by atoms with E-state index in [0.29, 0.717) is 24.4 Å². The Morgan fingerprint density at radius 2 is 2.05 bits per heavy atom. The third kappa shape index (κ3) is 2.40. The number of aromatic amines is 1. The van der Waals surface area contributed by atoms with Crippen molar-refractivity contribution in [2.75, 3.05) is 6.54 Å². The van der Waals surface area contributed by atoms with Crippen molar-refractivity contribution in [2.45, 2.75) is 19.4 Å². The van der Waals surface area contributed by atoms with Crippen LogP contribution in [0.3, 0.4) is 0 Å². The number of amides is 1. The van der Waals surface area contributed by atoms with Crippen LogP contribution in [0.2, 0.25) is 0 Å². The minimum absolute atomic E-state index is 0.316. The molecule has 0 bridgehead atoms. The van der Waals surface area contributed by atoms with Crippen molar-refractivity contribution in [3.05, 3.63) is 41.6 Å². The van der Waals surface area contributed by atoms with Gasteiger partial charge in [-0.1, -0.05) is 29.8 Å². The van der Waals surface area contributed by atoms with Crippen molar-refractivity contribution < 1.29 is 14.7 Å². The standard InChI is InChI=1S/C15H15N3O3/c1-9-2-4-10(5-3-9)11-8-12(17-16-11)14(19)18-7-6-13(18)15(20)21/h2-5,8,13H,6-7H2,1H3,(H,16,17)(H,20,21). The second kappa shape index (κ2) is 5.05. The number of carboxylic acid groups (broad SMARTS) is 1. The van der Waals surface area contributed by atoms with Crippen LogP contribution in [0.5, 0.6) is 0 Å². The Bertz CT molecular complexity index is 690. The molecule has 1 amide bonds. The van der Waals surface area contributed by atoms with Gasteiger partial charge < -0.3 is 10.0 Å². The number of hydrogen-bond donors (Lipinski definition) is 2. The van der Waals surface area contributed by atoms with Crippen molar-refractivity contribution in [3.8, 4) is 11.3 Å². The van der Waals surface area contributed by atoms with Crippen molar-refractivity contribution in [3.63, 3.8) is 0 Å². The number of nitrogens with zero attached hydrogens (tertiary/aromatic N) is 2. The number of aryl methyl sites for hydroxylation is 1. The van der Waals surface area contributed by atoms with Crippen LogP contribution in [-0.4, -0.2) is 44.7 Å². The smallest absolute Gasteiger partial charge is 0.326 e. The maximum absolute atomic E-state index is 12.2. The summed E-state index contributed by atoms with van der Waals surface area (Å²) in [6, 6.07) is 8.75. The number of carbonyl (C=O) groups is 2. The zero-order valence-electron chi connectivity index (χ0n) is 11.5. The molecule has 6 heteroatoms. The van der Waals surface area contributed by atoms with Gasteiger partial charge in [0.25, 0.3) is 5.91 Å². The zero-order valence-corrected chi connectivity index (χ0v) is 11.5. The molecule has 1 aliphatic heterocycles. The molecule has 1 saturated heterocycles. The van der Waals surface area contributed by atoms with E-state index in [2.05, 4.69) is 10.2 Å². The first-order valence-corrected chi connectivity index (χ1v) is 6.72. The lowest BCUT2D eigenvalue weighted by molar-refractivity contribution is -0.146. The van der Waals surface area contributed by atoms with Crippen LogP contribution in [0, 0.1) is 6.92 Å². The molecule has 0 aliphatic carbocycles. The van der Waals surface area contributed by atoms with Gasteiger partial charge in [-0.2, -0.15) is 5.10 Å². The number of nitrogens with one attached hydrogen (secondary N) is 1. The van der Waals surface area contributed by atoms with Crippen molar-refractivity contribution in [1.82, 2.24) is 15.1 Å². The van der Waals surface area contributed by atoms with Gasteiger partial charge in [-0.15, -0.1) is 0 Å². The summed E-state index contributed by atoms with van der Waals surface area (Å²) in [7, 11) is 0. The number of benzene rings is 1. The highest BCUT2D eigenvalue weighted by Crippen LogP contribution is 2.23. The Hall–Kier alpha value is -2.63. The van der Waals surface area contributed by atoms with E-state index in [1.165, 1.54) is 4.90 Å². The number of aliphatic carboxylic acids is 1. The predicted octanol–water partition coefficient (Wildman–Crippen LogP) is 1.68. The predicted molar refractivity (Wildman–Crippen MR) is 75.8 cm³/mol. The number of hydrogen-bond acceptors (Lipinski definition) is 3. The van der Waals surface area contributed by atoms with Gasteiger partial charge >= 0.3 is 5.97 Å². The third-order valence-electron chi connectivity index (χ3n) is 3.72. The van der Waals surface area contributed by atoms with Gasteiger partial charge in [0.15, 0.2) is 0 Å². The Morgan fingerprint density at radius 1 is 1.33 bits per heavy atom. The van der Waals surface area contributed by atoms with Crippen LogP contribution in [0.15, 0.2) is 30.3 Å². The molecule has 0 radical (unpaired) electrons. The van der Waals surface area contributed by atoms with Crippen LogP contribution in [0.4, 0.5) is 0 Å². The second-order valence-electron chi connectivity index (χ2n) is 5.17. The molecular weight excluding hydrogens is 270 g/mol. The molecule has 1 unspecified atom stereocenters. The van der Waals surface area contributed by atoms with E-state index in [4.69, 9.17) is 5.11 Å². The summed E-state index contributed by atoms with van der Waals surface area (Å²) in [4.78, 5) is 24.5. The first kappa shape index (κ1) is 13.4. The van der Waals surface area contributed by atoms with E-state index in [-0.39, 0.29) is 5.91 Å². The molecule has 1 atom stereocenters. The fourth-order valence-corrected chi connectivity index (χ4v) is 2.35. The summed E-state index contributed by atoms with van der Waals surface area (Å²) in [6.45, 7) is 2.47. The van der Waals surface area contributed by atoms with Gasteiger partial charge in [0.1, 0.15) is 11.7 Å². The van der Waals surface area contributed by atoms with Gasteiger partial charge in [-0.05, 0) is 19.4 Å². The SMILES string of the molecule is Cc1ccc(-c2cc(C(=O)N3CCC3C(=O)O)[nH]n2)cc1. The second-order valence-corrected chi connectivity index (χ2v) is 5.17. The number of carbonyl (C=O) groups excluding carboxylic acids is 1. The number of H-pyrrole nitrogens is 1. The van der Waals surface area contributed by atoms with Gasteiger partial charge in [0, 0.05) is 12.1 Å². The van der Waals surface area contributed by atoms with E-state index in [0.717, 1.165) is 11.1 Å². The lowest BCUT2D eigenvalue weighted by Gasteiger charge is -2.37. The number of aromatic nitrogens is 2. The van der Waals surface area contributed by atoms with Crippen LogP contribution < -0.4 is 0 Å². The van der Waals surface area contributed by atoms with E-state index in [1.54, 1.807) is 6.07 Å². The molecule has 1 aliphatic rings. The molecular formula is C15H15N3O3. The maximum atomic E-state index is 12.2. The molecule has 1 fully saturated rings. The molecule has 0 saturated carbocycles. The van der Waals surface area contributed by atoms with Crippen molar-refractivity contribution in [2.24, 2.45) is 0 Å². The van der Waals surface area contributed by atoms with E-state index < -0.39 is 12.0 Å². The first-order chi connectivity index (χ1) is 10.1. The average molecular weight is 285 g/mol. The summed E-state index contributed by atoms with van der Waals surface area (Å²) in [5.41, 5.74) is 3.05. The monoisotopic (exact) mass is 285 g/mol. The van der Waals surface area contributed by atoms with E-state index in [9.17, 15) is 9.59 Å². The molecule has 3 rings (SSSR count). The molecule has 2 aromatic rings. The minimum atomic E-state index is -0.965. The molecule has 21 heavy (non-hydrogen) atoms. The number of carboxylic acids is 1. The summed E-state index contributed by atoms with van der Waals surface area (Å²) in [6.07, 6.45) is 0.500. The highest BCUT2D eigenvalue weighted by atomic mass is 16.4. The molecule has 1 aromatic carbocycles. The van der Waals surface area contributed by atoms with Crippen LogP contribution in [0.25, 0.3) is 11.3 Å². The highest BCUT2D eigenvalue weighted by Gasteiger charge is 2.38. The zero-order chi connectivity index (χ0) is 15.0. The Labute approximate surface area is 121 Å². The largest absolute Gasteiger partial charge is 0.480 e. The normalized spacial score (nSPS) is 17.4. The molecule has 2 heterocycles. The fourth-order valence-electron chi connectivity index (χ4n) is 2.35. The van der Waals surface area contributed by atoms with Crippen LogP contribution in [0.1, 0.15) is 22.5 Å². The molecule has 1 aromatic heterocycles. The van der Waals surface area contributed by atoms with Crippen molar-refractivity contribution >= 4 is 11.9 Å². The van der Waals surface area contributed by atoms with E-state index >= 15 is 0 Å². The Morgan fingerprint density at radius 3 is 2.62 bits per heavy atom.